The summed E-state index contributed by atoms with van der Waals surface area (Å²) in [4.78, 5) is 24.0. The predicted octanol–water partition coefficient (Wildman–Crippen LogP) is 4.03. The fraction of sp³-hybridized carbons (Fsp3) is 0.444. The van der Waals surface area contributed by atoms with E-state index >= 15 is 0 Å². The van der Waals surface area contributed by atoms with E-state index in [0.29, 0.717) is 6.54 Å². The van der Waals surface area contributed by atoms with Crippen LogP contribution in [0, 0.1) is 5.82 Å². The van der Waals surface area contributed by atoms with Gasteiger partial charge in [0.2, 0.25) is 0 Å². The molecule has 1 atom stereocenters. The van der Waals surface area contributed by atoms with Crippen molar-refractivity contribution in [1.82, 2.24) is 5.32 Å². The van der Waals surface area contributed by atoms with Crippen LogP contribution >= 0.6 is 11.6 Å². The van der Waals surface area contributed by atoms with E-state index in [-0.39, 0.29) is 16.5 Å². The molecule has 1 N–H and O–H groups in total. The molecule has 0 saturated carbocycles. The first-order valence-electron chi connectivity index (χ1n) is 8.09. The molecular weight excluding hydrogens is 333 g/mol. The van der Waals surface area contributed by atoms with Gasteiger partial charge in [-0.2, -0.15) is 0 Å². The van der Waals surface area contributed by atoms with Gasteiger partial charge in [0.1, 0.15) is 5.82 Å². The smallest absolute Gasteiger partial charge is 0.340 e. The Kier molecular flexibility index (Phi) is 6.79. The van der Waals surface area contributed by atoms with E-state index in [1.165, 1.54) is 31.4 Å². The van der Waals surface area contributed by atoms with Crippen LogP contribution in [0.1, 0.15) is 49.4 Å². The summed E-state index contributed by atoms with van der Waals surface area (Å²) in [6, 6.07) is 3.38. The third-order valence-electron chi connectivity index (χ3n) is 3.93. The van der Waals surface area contributed by atoms with E-state index in [1.807, 2.05) is 0 Å². The fourth-order valence-corrected chi connectivity index (χ4v) is 2.80. The third-order valence-corrected chi connectivity index (χ3v) is 4.25. The minimum absolute atomic E-state index is 0.0325. The molecule has 0 bridgehead atoms. The van der Waals surface area contributed by atoms with Crippen LogP contribution in [0.5, 0.6) is 0 Å². The third kappa shape index (κ3) is 5.34. The Morgan fingerprint density at radius 2 is 2.17 bits per heavy atom. The van der Waals surface area contributed by atoms with Crippen LogP contribution in [0.15, 0.2) is 29.8 Å². The zero-order chi connectivity index (χ0) is 17.5. The van der Waals surface area contributed by atoms with E-state index in [2.05, 4.69) is 11.4 Å². The summed E-state index contributed by atoms with van der Waals surface area (Å²) in [6.45, 7) is 2.01. The van der Waals surface area contributed by atoms with E-state index < -0.39 is 17.9 Å². The summed E-state index contributed by atoms with van der Waals surface area (Å²) in [5.41, 5.74) is 1.40. The number of nitrogens with one attached hydrogen (secondary N) is 1. The normalized spacial score (nSPS) is 15.4. The highest BCUT2D eigenvalue weighted by molar-refractivity contribution is 6.33. The Bertz CT molecular complexity index is 645. The lowest BCUT2D eigenvalue weighted by Gasteiger charge is -2.16. The lowest BCUT2D eigenvalue weighted by atomic mass is 9.97. The largest absolute Gasteiger partial charge is 0.449 e. The van der Waals surface area contributed by atoms with Crippen molar-refractivity contribution in [2.24, 2.45) is 0 Å². The second-order valence-corrected chi connectivity index (χ2v) is 6.23. The molecule has 0 radical (unpaired) electrons. The number of hydrogen-bond donors (Lipinski definition) is 1. The van der Waals surface area contributed by atoms with Gasteiger partial charge in [-0.25, -0.2) is 9.18 Å². The summed E-state index contributed by atoms with van der Waals surface area (Å²) in [6.07, 6.45) is 6.73. The van der Waals surface area contributed by atoms with Crippen molar-refractivity contribution in [2.75, 3.05) is 6.54 Å². The van der Waals surface area contributed by atoms with Crippen molar-refractivity contribution in [1.29, 1.82) is 0 Å². The molecule has 0 heterocycles. The summed E-state index contributed by atoms with van der Waals surface area (Å²) < 4.78 is 18.1. The Morgan fingerprint density at radius 1 is 1.38 bits per heavy atom. The Hall–Kier alpha value is -1.88. The number of benzene rings is 1. The Labute approximate surface area is 146 Å². The standard InChI is InChI=1S/C18H21ClFNO3/c1-12(17(22)21-10-9-13-5-3-2-4-6-13)24-18(23)15-8-7-14(20)11-16(15)19/h5,7-8,11-12H,2-4,6,9-10H2,1H3,(H,21,22)/t12-/m1/s1. The van der Waals surface area contributed by atoms with Crippen molar-refractivity contribution in [3.8, 4) is 0 Å². The van der Waals surface area contributed by atoms with Crippen LogP contribution in [0.4, 0.5) is 4.39 Å². The van der Waals surface area contributed by atoms with E-state index in [4.69, 9.17) is 16.3 Å². The average molecular weight is 354 g/mol. The molecule has 0 spiro atoms. The monoisotopic (exact) mass is 353 g/mol. The molecule has 0 aliphatic heterocycles. The van der Waals surface area contributed by atoms with E-state index in [9.17, 15) is 14.0 Å². The Balaban J connectivity index is 1.80. The van der Waals surface area contributed by atoms with Crippen molar-refractivity contribution >= 4 is 23.5 Å². The van der Waals surface area contributed by atoms with Crippen molar-refractivity contribution in [3.05, 3.63) is 46.3 Å². The van der Waals surface area contributed by atoms with Gasteiger partial charge in [0.15, 0.2) is 6.10 Å². The molecule has 1 aliphatic carbocycles. The zero-order valence-electron chi connectivity index (χ0n) is 13.6. The molecule has 1 amide bonds. The number of ether oxygens (including phenoxy) is 1. The Morgan fingerprint density at radius 3 is 2.83 bits per heavy atom. The number of rotatable bonds is 6. The van der Waals surface area contributed by atoms with Crippen LogP contribution < -0.4 is 5.32 Å². The first kappa shape index (κ1) is 18.5. The number of esters is 1. The van der Waals surface area contributed by atoms with E-state index in [0.717, 1.165) is 31.4 Å². The number of hydrogen-bond acceptors (Lipinski definition) is 3. The summed E-state index contributed by atoms with van der Waals surface area (Å²) >= 11 is 5.81. The van der Waals surface area contributed by atoms with Crippen LogP contribution in [0.2, 0.25) is 5.02 Å². The SMILES string of the molecule is C[C@@H](OC(=O)c1ccc(F)cc1Cl)C(=O)NCCC1=CCCCC1. The zero-order valence-corrected chi connectivity index (χ0v) is 14.4. The van der Waals surface area contributed by atoms with Gasteiger partial charge in [-0.05, 0) is 57.2 Å². The topological polar surface area (TPSA) is 55.4 Å². The van der Waals surface area contributed by atoms with Gasteiger partial charge in [-0.3, -0.25) is 4.79 Å². The molecule has 1 aromatic rings. The second kappa shape index (κ2) is 8.83. The van der Waals surface area contributed by atoms with Crippen molar-refractivity contribution < 1.29 is 18.7 Å². The predicted molar refractivity (Wildman–Crippen MR) is 90.5 cm³/mol. The maximum absolute atomic E-state index is 13.0. The molecule has 0 saturated heterocycles. The highest BCUT2D eigenvalue weighted by atomic mass is 35.5. The first-order valence-corrected chi connectivity index (χ1v) is 8.47. The van der Waals surface area contributed by atoms with Gasteiger partial charge in [0, 0.05) is 6.54 Å². The molecule has 6 heteroatoms. The van der Waals surface area contributed by atoms with Crippen LogP contribution in [0.25, 0.3) is 0 Å². The molecule has 0 aromatic heterocycles. The van der Waals surface area contributed by atoms with Crippen molar-refractivity contribution in [2.45, 2.75) is 45.1 Å². The lowest BCUT2D eigenvalue weighted by Crippen LogP contribution is -2.36. The van der Waals surface area contributed by atoms with Crippen LogP contribution in [-0.2, 0) is 9.53 Å². The molecule has 0 unspecified atom stereocenters. The fourth-order valence-electron chi connectivity index (χ4n) is 2.55. The second-order valence-electron chi connectivity index (χ2n) is 5.82. The van der Waals surface area contributed by atoms with Crippen molar-refractivity contribution in [3.63, 3.8) is 0 Å². The molecule has 4 nitrogen and oxygen atoms in total. The quantitative estimate of drug-likeness (QED) is 0.620. The number of carbonyl (C=O) groups is 2. The van der Waals surface area contributed by atoms with Gasteiger partial charge < -0.3 is 10.1 Å². The maximum Gasteiger partial charge on any atom is 0.340 e. The number of allylic oxidation sites excluding steroid dienone is 1. The molecular formula is C18H21ClFNO3. The maximum atomic E-state index is 13.0. The minimum atomic E-state index is -0.945. The summed E-state index contributed by atoms with van der Waals surface area (Å²) in [5.74, 6) is -1.66. The van der Waals surface area contributed by atoms with Gasteiger partial charge >= 0.3 is 5.97 Å². The lowest BCUT2D eigenvalue weighted by molar-refractivity contribution is -0.129. The molecule has 1 aromatic carbocycles. The van der Waals surface area contributed by atoms with Gasteiger partial charge in [-0.1, -0.05) is 23.3 Å². The number of halogens is 2. The van der Waals surface area contributed by atoms with Crippen LogP contribution in [-0.4, -0.2) is 24.5 Å². The van der Waals surface area contributed by atoms with Gasteiger partial charge in [0.25, 0.3) is 5.91 Å². The van der Waals surface area contributed by atoms with Gasteiger partial charge in [0.05, 0.1) is 10.6 Å². The number of carbonyl (C=O) groups excluding carboxylic acids is 2. The van der Waals surface area contributed by atoms with E-state index in [1.54, 1.807) is 0 Å². The highest BCUT2D eigenvalue weighted by Gasteiger charge is 2.20. The number of amides is 1. The van der Waals surface area contributed by atoms with Gasteiger partial charge in [-0.15, -0.1) is 0 Å². The first-order chi connectivity index (χ1) is 11.5. The molecule has 24 heavy (non-hydrogen) atoms. The molecule has 1 aliphatic rings. The van der Waals surface area contributed by atoms with Crippen LogP contribution in [0.3, 0.4) is 0 Å². The molecule has 2 rings (SSSR count). The average Bonchev–Trinajstić information content (AvgIpc) is 2.55. The summed E-state index contributed by atoms with van der Waals surface area (Å²) in [5, 5.41) is 2.72. The minimum Gasteiger partial charge on any atom is -0.449 e. The molecule has 130 valence electrons. The molecule has 0 fully saturated rings. The highest BCUT2D eigenvalue weighted by Crippen LogP contribution is 2.20. The summed E-state index contributed by atoms with van der Waals surface area (Å²) in [7, 11) is 0.